The lowest BCUT2D eigenvalue weighted by Crippen LogP contribution is -2.29. The van der Waals surface area contributed by atoms with Gasteiger partial charge in [-0.25, -0.2) is 0 Å². The van der Waals surface area contributed by atoms with E-state index in [9.17, 15) is 9.59 Å². The second-order valence-electron chi connectivity index (χ2n) is 5.30. The quantitative estimate of drug-likeness (QED) is 0.719. The second kappa shape index (κ2) is 9.30. The first-order chi connectivity index (χ1) is 12.0. The molecule has 0 radical (unpaired) electrons. The van der Waals surface area contributed by atoms with Gasteiger partial charge in [0, 0.05) is 12.2 Å². The fourth-order valence-electron chi connectivity index (χ4n) is 2.13. The molecule has 0 atom stereocenters. The third-order valence-corrected chi connectivity index (χ3v) is 4.16. The maximum absolute atomic E-state index is 11.9. The van der Waals surface area contributed by atoms with E-state index in [2.05, 4.69) is 10.6 Å². The maximum Gasteiger partial charge on any atom is 0.233 e. The number of hydrogen-bond acceptors (Lipinski definition) is 3. The van der Waals surface area contributed by atoms with E-state index >= 15 is 0 Å². The van der Waals surface area contributed by atoms with Gasteiger partial charge in [0.05, 0.1) is 17.2 Å². The summed E-state index contributed by atoms with van der Waals surface area (Å²) in [5, 5.41) is 6.06. The molecule has 0 saturated heterocycles. The lowest BCUT2D eigenvalue weighted by molar-refractivity contribution is -0.126. The van der Waals surface area contributed by atoms with E-state index in [4.69, 9.17) is 27.9 Å². The summed E-state index contributed by atoms with van der Waals surface area (Å²) in [7, 11) is 1.61. The number of benzene rings is 2. The lowest BCUT2D eigenvalue weighted by Gasteiger charge is -2.08. The number of anilines is 1. The van der Waals surface area contributed by atoms with Crippen LogP contribution in [0.3, 0.4) is 0 Å². The highest BCUT2D eigenvalue weighted by atomic mass is 35.5. The second-order valence-corrected chi connectivity index (χ2v) is 6.12. The van der Waals surface area contributed by atoms with Crippen molar-refractivity contribution in [2.24, 2.45) is 0 Å². The molecule has 0 aliphatic rings. The normalized spacial score (nSPS) is 10.2. The van der Waals surface area contributed by atoms with Gasteiger partial charge >= 0.3 is 0 Å². The molecule has 0 aliphatic carbocycles. The van der Waals surface area contributed by atoms with E-state index in [1.165, 1.54) is 6.07 Å². The molecule has 2 aromatic rings. The molecule has 132 valence electrons. The van der Waals surface area contributed by atoms with E-state index in [0.29, 0.717) is 28.7 Å². The summed E-state index contributed by atoms with van der Waals surface area (Å²) in [6, 6.07) is 12.3. The third kappa shape index (κ3) is 6.29. The average Bonchev–Trinajstić information content (AvgIpc) is 2.58. The molecule has 2 amide bonds. The predicted octanol–water partition coefficient (Wildman–Crippen LogP) is 3.69. The first kappa shape index (κ1) is 19.1. The van der Waals surface area contributed by atoms with Gasteiger partial charge in [0.1, 0.15) is 12.2 Å². The first-order valence-corrected chi connectivity index (χ1v) is 8.38. The SMILES string of the molecule is COc1ccc(CCNC(=O)CC(=O)Nc2ccc(Cl)c(Cl)c2)cc1. The zero-order chi connectivity index (χ0) is 18.2. The standard InChI is InChI=1S/C18H18Cl2N2O3/c1-25-14-5-2-12(3-6-14)8-9-21-17(23)11-18(24)22-13-4-7-15(19)16(20)10-13/h2-7,10H,8-9,11H2,1H3,(H,21,23)(H,22,24). The van der Waals surface area contributed by atoms with Gasteiger partial charge < -0.3 is 15.4 Å². The first-order valence-electron chi connectivity index (χ1n) is 7.62. The fraction of sp³-hybridized carbons (Fsp3) is 0.222. The molecule has 0 aliphatic heterocycles. The molecule has 0 unspecified atom stereocenters. The van der Waals surface area contributed by atoms with Crippen molar-refractivity contribution < 1.29 is 14.3 Å². The van der Waals surface area contributed by atoms with Crippen LogP contribution in [0.15, 0.2) is 42.5 Å². The van der Waals surface area contributed by atoms with Crippen LogP contribution >= 0.6 is 23.2 Å². The number of methoxy groups -OCH3 is 1. The van der Waals surface area contributed by atoms with Crippen molar-refractivity contribution in [1.82, 2.24) is 5.32 Å². The minimum Gasteiger partial charge on any atom is -0.497 e. The minimum absolute atomic E-state index is 0.261. The Morgan fingerprint density at radius 2 is 1.72 bits per heavy atom. The zero-order valence-corrected chi connectivity index (χ0v) is 15.2. The number of hydrogen-bond donors (Lipinski definition) is 2. The Bertz CT molecular complexity index is 748. The number of carbonyl (C=O) groups is 2. The minimum atomic E-state index is -0.416. The van der Waals surface area contributed by atoms with Crippen LogP contribution in [0.5, 0.6) is 5.75 Å². The molecule has 2 aromatic carbocycles. The van der Waals surface area contributed by atoms with Crippen LogP contribution in [-0.2, 0) is 16.0 Å². The Hall–Kier alpha value is -2.24. The summed E-state index contributed by atoms with van der Waals surface area (Å²) in [5.41, 5.74) is 1.56. The molecule has 5 nitrogen and oxygen atoms in total. The molecular weight excluding hydrogens is 363 g/mol. The number of nitrogens with one attached hydrogen (secondary N) is 2. The zero-order valence-electron chi connectivity index (χ0n) is 13.6. The molecule has 0 bridgehead atoms. The van der Waals surface area contributed by atoms with Gasteiger partial charge in [-0.3, -0.25) is 9.59 Å². The molecule has 2 rings (SSSR count). The Morgan fingerprint density at radius 3 is 2.36 bits per heavy atom. The summed E-state index contributed by atoms with van der Waals surface area (Å²) in [4.78, 5) is 23.7. The van der Waals surface area contributed by atoms with Gasteiger partial charge in [-0.05, 0) is 42.3 Å². The molecule has 0 saturated carbocycles. The summed E-state index contributed by atoms with van der Waals surface area (Å²) >= 11 is 11.7. The molecule has 0 spiro atoms. The van der Waals surface area contributed by atoms with Gasteiger partial charge in [-0.2, -0.15) is 0 Å². The van der Waals surface area contributed by atoms with Crippen molar-refractivity contribution in [3.8, 4) is 5.75 Å². The van der Waals surface area contributed by atoms with Gasteiger partial charge in [0.25, 0.3) is 0 Å². The molecule has 0 aromatic heterocycles. The van der Waals surface area contributed by atoms with Gasteiger partial charge in [-0.1, -0.05) is 35.3 Å². The van der Waals surface area contributed by atoms with Crippen LogP contribution in [0.1, 0.15) is 12.0 Å². The number of amides is 2. The number of rotatable bonds is 7. The van der Waals surface area contributed by atoms with E-state index in [-0.39, 0.29) is 12.3 Å². The summed E-state index contributed by atoms with van der Waals surface area (Å²) in [5.74, 6) is 0.0261. The molecule has 7 heteroatoms. The molecule has 25 heavy (non-hydrogen) atoms. The highest BCUT2D eigenvalue weighted by Crippen LogP contribution is 2.25. The monoisotopic (exact) mass is 380 g/mol. The van der Waals surface area contributed by atoms with E-state index in [1.807, 2.05) is 24.3 Å². The topological polar surface area (TPSA) is 67.4 Å². The average molecular weight is 381 g/mol. The highest BCUT2D eigenvalue weighted by molar-refractivity contribution is 6.42. The Labute approximate surface area is 156 Å². The van der Waals surface area contributed by atoms with Crippen molar-refractivity contribution in [1.29, 1.82) is 0 Å². The van der Waals surface area contributed by atoms with Gasteiger partial charge in [0.2, 0.25) is 11.8 Å². The van der Waals surface area contributed by atoms with Crippen molar-refractivity contribution in [2.45, 2.75) is 12.8 Å². The van der Waals surface area contributed by atoms with Crippen LogP contribution in [-0.4, -0.2) is 25.5 Å². The smallest absolute Gasteiger partial charge is 0.233 e. The van der Waals surface area contributed by atoms with Crippen LogP contribution in [0.2, 0.25) is 10.0 Å². The van der Waals surface area contributed by atoms with Crippen LogP contribution in [0.25, 0.3) is 0 Å². The molecule has 0 heterocycles. The third-order valence-electron chi connectivity index (χ3n) is 3.42. The predicted molar refractivity (Wildman–Crippen MR) is 99.4 cm³/mol. The Morgan fingerprint density at radius 1 is 1.00 bits per heavy atom. The van der Waals surface area contributed by atoms with Crippen molar-refractivity contribution >= 4 is 40.7 Å². The largest absolute Gasteiger partial charge is 0.497 e. The van der Waals surface area contributed by atoms with Gasteiger partial charge in [0.15, 0.2) is 0 Å². The van der Waals surface area contributed by atoms with Crippen LogP contribution in [0, 0.1) is 0 Å². The summed E-state index contributed by atoms with van der Waals surface area (Å²) < 4.78 is 5.09. The molecule has 0 fully saturated rings. The van der Waals surface area contributed by atoms with Crippen molar-refractivity contribution in [3.63, 3.8) is 0 Å². The Balaban J connectivity index is 1.73. The number of ether oxygens (including phenoxy) is 1. The van der Waals surface area contributed by atoms with Crippen molar-refractivity contribution in [2.75, 3.05) is 19.0 Å². The fourth-order valence-corrected chi connectivity index (χ4v) is 2.42. The number of halogens is 2. The number of carbonyl (C=O) groups excluding carboxylic acids is 2. The van der Waals surface area contributed by atoms with Gasteiger partial charge in [-0.15, -0.1) is 0 Å². The van der Waals surface area contributed by atoms with Crippen LogP contribution in [0.4, 0.5) is 5.69 Å². The lowest BCUT2D eigenvalue weighted by atomic mass is 10.1. The summed E-state index contributed by atoms with van der Waals surface area (Å²) in [6.45, 7) is 0.450. The van der Waals surface area contributed by atoms with E-state index < -0.39 is 5.91 Å². The maximum atomic E-state index is 11.9. The van der Waals surface area contributed by atoms with Crippen molar-refractivity contribution in [3.05, 3.63) is 58.1 Å². The van der Waals surface area contributed by atoms with E-state index in [1.54, 1.807) is 19.2 Å². The van der Waals surface area contributed by atoms with E-state index in [0.717, 1.165) is 11.3 Å². The molecular formula is C18H18Cl2N2O3. The Kier molecular flexibility index (Phi) is 7.10. The molecule has 2 N–H and O–H groups in total. The summed E-state index contributed by atoms with van der Waals surface area (Å²) in [6.07, 6.45) is 0.410. The highest BCUT2D eigenvalue weighted by Gasteiger charge is 2.10. The van der Waals surface area contributed by atoms with Crippen LogP contribution < -0.4 is 15.4 Å².